The molecule has 1 aliphatic heterocycles. The highest BCUT2D eigenvalue weighted by molar-refractivity contribution is 7.52. The van der Waals surface area contributed by atoms with Gasteiger partial charge in [0.25, 0.3) is 11.8 Å². The molecule has 1 aliphatic rings. The number of nitrogens with two attached hydrogens (primary N) is 1. The first-order valence-corrected chi connectivity index (χ1v) is 14.6. The Bertz CT molecular complexity index is 1330. The monoisotopic (exact) mass is 588 g/mol. The van der Waals surface area contributed by atoms with Gasteiger partial charge in [0, 0.05) is 6.42 Å². The van der Waals surface area contributed by atoms with Crippen LogP contribution in [-0.4, -0.2) is 78.8 Å². The average molecular weight is 589 g/mol. The summed E-state index contributed by atoms with van der Waals surface area (Å²) < 4.78 is 12.4. The van der Waals surface area contributed by atoms with Crippen molar-refractivity contribution in [2.24, 2.45) is 11.7 Å². The molecule has 0 aromatic heterocycles. The predicted molar refractivity (Wildman–Crippen MR) is 147 cm³/mol. The maximum atomic E-state index is 13.6. The second-order valence-corrected chi connectivity index (χ2v) is 11.9. The maximum absolute atomic E-state index is 13.6. The first-order chi connectivity index (χ1) is 19.2. The van der Waals surface area contributed by atoms with Crippen LogP contribution in [0.25, 0.3) is 0 Å². The van der Waals surface area contributed by atoms with E-state index in [-0.39, 0.29) is 36.4 Å². The van der Waals surface area contributed by atoms with E-state index in [1.807, 2.05) is 0 Å². The molecule has 1 heterocycles. The van der Waals surface area contributed by atoms with Crippen molar-refractivity contribution in [1.29, 1.82) is 0 Å². The number of aliphatic carboxylic acids is 1. The lowest BCUT2D eigenvalue weighted by atomic mass is 10.00. The second kappa shape index (κ2) is 13.2. The van der Waals surface area contributed by atoms with Crippen molar-refractivity contribution in [2.45, 2.75) is 51.0 Å². The quantitative estimate of drug-likeness (QED) is 0.169. The first-order valence-electron chi connectivity index (χ1n) is 12.9. The molecule has 0 fully saturated rings. The van der Waals surface area contributed by atoms with E-state index in [4.69, 9.17) is 5.73 Å². The molecular weight excluding hydrogens is 555 g/mol. The molecule has 0 spiro atoms. The van der Waals surface area contributed by atoms with E-state index in [1.54, 1.807) is 44.2 Å². The number of hydrogen-bond donors (Lipinski definition) is 5. The zero-order chi connectivity index (χ0) is 30.5. The van der Waals surface area contributed by atoms with Gasteiger partial charge in [0.2, 0.25) is 5.91 Å². The Morgan fingerprint density at radius 1 is 0.976 bits per heavy atom. The third-order valence-electron chi connectivity index (χ3n) is 6.65. The van der Waals surface area contributed by atoms with Gasteiger partial charge < -0.3 is 25.9 Å². The Morgan fingerprint density at radius 2 is 1.51 bits per heavy atom. The minimum absolute atomic E-state index is 0.0204. The number of primary amides is 1. The normalized spacial score (nSPS) is 15.4. The van der Waals surface area contributed by atoms with Crippen LogP contribution >= 0.6 is 7.60 Å². The number of carboxylic acids is 1. The molecule has 5 amide bonds. The van der Waals surface area contributed by atoms with Gasteiger partial charge in [-0.15, -0.1) is 0 Å². The van der Waals surface area contributed by atoms with Crippen LogP contribution in [0.1, 0.15) is 53.0 Å². The van der Waals surface area contributed by atoms with Crippen LogP contribution in [0.5, 0.6) is 0 Å². The van der Waals surface area contributed by atoms with E-state index < -0.39 is 61.6 Å². The van der Waals surface area contributed by atoms with E-state index in [0.29, 0.717) is 15.4 Å². The third-order valence-corrected chi connectivity index (χ3v) is 7.92. The van der Waals surface area contributed by atoms with Gasteiger partial charge in [-0.1, -0.05) is 56.3 Å². The van der Waals surface area contributed by atoms with Gasteiger partial charge in [0.05, 0.1) is 17.2 Å². The molecule has 2 aromatic rings. The molecule has 13 nitrogen and oxygen atoms in total. The van der Waals surface area contributed by atoms with Gasteiger partial charge in [0.15, 0.2) is 0 Å². The number of nitrogens with zero attached hydrogens (tertiary/aromatic N) is 2. The van der Waals surface area contributed by atoms with Crippen molar-refractivity contribution in [1.82, 2.24) is 15.1 Å². The Hall–Kier alpha value is -3.90. The summed E-state index contributed by atoms with van der Waals surface area (Å²) in [6, 6.07) is 10.1. The van der Waals surface area contributed by atoms with E-state index in [2.05, 4.69) is 5.32 Å². The number of hydrogen-bond acceptors (Lipinski definition) is 7. The van der Waals surface area contributed by atoms with E-state index in [1.165, 1.54) is 24.3 Å². The van der Waals surface area contributed by atoms with Gasteiger partial charge in [-0.05, 0) is 43.0 Å². The fourth-order valence-corrected chi connectivity index (χ4v) is 5.74. The van der Waals surface area contributed by atoms with E-state index in [9.17, 15) is 43.4 Å². The van der Waals surface area contributed by atoms with Crippen molar-refractivity contribution in [3.8, 4) is 0 Å². The predicted octanol–water partition coefficient (Wildman–Crippen LogP) is 1.78. The number of carbonyl (C=O) groups excluding carboxylic acids is 4. The number of rotatable bonds is 13. The minimum Gasteiger partial charge on any atom is -0.480 e. The summed E-state index contributed by atoms with van der Waals surface area (Å²) in [5.74, 6) is -6.02. The molecule has 2 aromatic carbocycles. The van der Waals surface area contributed by atoms with Crippen molar-refractivity contribution in [3.63, 3.8) is 0 Å². The minimum atomic E-state index is -5.04. The molecule has 14 heteroatoms. The van der Waals surface area contributed by atoms with E-state index >= 15 is 0 Å². The molecule has 1 unspecified atom stereocenters. The van der Waals surface area contributed by atoms with Crippen LogP contribution in [-0.2, 0) is 20.6 Å². The average Bonchev–Trinajstić information content (AvgIpc) is 3.14. The summed E-state index contributed by atoms with van der Waals surface area (Å²) in [6.45, 7) is 3.30. The molecule has 41 heavy (non-hydrogen) atoms. The molecular formula is C27H33N4O9P. The lowest BCUT2D eigenvalue weighted by Crippen LogP contribution is -2.58. The summed E-state index contributed by atoms with van der Waals surface area (Å²) in [7, 11) is -5.04. The molecule has 6 N–H and O–H groups in total. The highest BCUT2D eigenvalue weighted by Crippen LogP contribution is 2.47. The SMILES string of the molecule is CC(C)C[C@H](NCCC(N1C(=O)c2ccccc2C1=O)P(=O)(O)O)C(=O)N(C(N)=O)[C@@H](Cc1ccccc1)C(=O)O. The molecule has 3 rings (SSSR count). The molecule has 0 saturated carbocycles. The molecule has 220 valence electrons. The number of benzene rings is 2. The second-order valence-electron chi connectivity index (χ2n) is 10.1. The Kier molecular flexibility index (Phi) is 10.2. The van der Waals surface area contributed by atoms with Crippen LogP contribution in [0.3, 0.4) is 0 Å². The van der Waals surface area contributed by atoms with Crippen molar-refractivity contribution < 1.29 is 43.4 Å². The standard InChI is InChI=1S/C27H33N4O9P/c1-16(2)14-20(25(34)30(27(28)37)21(26(35)36)15-17-8-4-3-5-9-17)29-13-12-22(41(38,39)40)31-23(32)18-10-6-7-11-19(18)24(31)33/h3-11,16,20-22,29H,12-15H2,1-2H3,(H2,28,37)(H,35,36)(H2,38,39,40)/t20-,21-,22?/m0/s1. The molecule has 0 bridgehead atoms. The van der Waals surface area contributed by atoms with Gasteiger partial charge in [-0.2, -0.15) is 0 Å². The first kappa shape index (κ1) is 31.6. The fraction of sp³-hybridized carbons (Fsp3) is 0.370. The largest absolute Gasteiger partial charge is 0.480 e. The Balaban J connectivity index is 1.82. The van der Waals surface area contributed by atoms with Gasteiger partial charge in [0.1, 0.15) is 11.8 Å². The zero-order valence-electron chi connectivity index (χ0n) is 22.5. The number of urea groups is 1. The van der Waals surface area contributed by atoms with E-state index in [0.717, 1.165) is 0 Å². The summed E-state index contributed by atoms with van der Waals surface area (Å²) >= 11 is 0. The topological polar surface area (TPSA) is 208 Å². The highest BCUT2D eigenvalue weighted by atomic mass is 31.2. The fourth-order valence-electron chi connectivity index (χ4n) is 4.77. The van der Waals surface area contributed by atoms with Crippen LogP contribution in [0.4, 0.5) is 4.79 Å². The number of amides is 5. The summed E-state index contributed by atoms with van der Waals surface area (Å²) in [5, 5.41) is 12.7. The summed E-state index contributed by atoms with van der Waals surface area (Å²) in [6.07, 6.45) is -0.506. The maximum Gasteiger partial charge on any atom is 0.348 e. The summed E-state index contributed by atoms with van der Waals surface area (Å²) in [5.41, 5.74) is 6.07. The van der Waals surface area contributed by atoms with Crippen LogP contribution in [0, 0.1) is 5.92 Å². The number of imide groups is 2. The number of carboxylic acid groups (broad SMARTS) is 1. The summed E-state index contributed by atoms with van der Waals surface area (Å²) in [4.78, 5) is 84.9. The molecule has 0 saturated heterocycles. The van der Waals surface area contributed by atoms with Crippen LogP contribution < -0.4 is 11.1 Å². The number of nitrogens with one attached hydrogen (secondary N) is 1. The third kappa shape index (κ3) is 7.44. The lowest BCUT2D eigenvalue weighted by molar-refractivity contribution is -0.148. The van der Waals surface area contributed by atoms with Gasteiger partial charge in [-0.25, -0.2) is 14.5 Å². The molecule has 0 aliphatic carbocycles. The van der Waals surface area contributed by atoms with Crippen LogP contribution in [0.2, 0.25) is 0 Å². The number of carbonyl (C=O) groups is 5. The molecule has 0 radical (unpaired) electrons. The molecule has 3 atom stereocenters. The Labute approximate surface area is 236 Å². The highest BCUT2D eigenvalue weighted by Gasteiger charge is 2.46. The zero-order valence-corrected chi connectivity index (χ0v) is 23.4. The van der Waals surface area contributed by atoms with Gasteiger partial charge in [-0.3, -0.25) is 23.8 Å². The lowest BCUT2D eigenvalue weighted by Gasteiger charge is -2.31. The Morgan fingerprint density at radius 3 is 1.98 bits per heavy atom. The van der Waals surface area contributed by atoms with Gasteiger partial charge >= 0.3 is 19.6 Å². The van der Waals surface area contributed by atoms with Crippen molar-refractivity contribution in [2.75, 3.05) is 6.54 Å². The number of fused-ring (bicyclic) bond motifs is 1. The van der Waals surface area contributed by atoms with Crippen molar-refractivity contribution >= 4 is 37.3 Å². The smallest absolute Gasteiger partial charge is 0.348 e. The van der Waals surface area contributed by atoms with Crippen molar-refractivity contribution in [3.05, 3.63) is 71.3 Å². The van der Waals surface area contributed by atoms with Crippen LogP contribution in [0.15, 0.2) is 54.6 Å².